The molecule has 0 unspecified atom stereocenters. The number of nitrogens with two attached hydrogens (primary N) is 1. The smallest absolute Gasteiger partial charge is 0.285 e. The van der Waals surface area contributed by atoms with Crippen molar-refractivity contribution in [3.05, 3.63) is 24.3 Å². The van der Waals surface area contributed by atoms with Gasteiger partial charge in [0.1, 0.15) is 5.54 Å². The molecule has 0 radical (unpaired) electrons. The number of nitrogen functional groups attached to an aromatic ring is 1. The lowest BCUT2D eigenvalue weighted by molar-refractivity contribution is -0.809. The van der Waals surface area contributed by atoms with E-state index in [-0.39, 0.29) is 5.54 Å². The molecule has 0 aliphatic heterocycles. The van der Waals surface area contributed by atoms with Gasteiger partial charge < -0.3 is 0 Å². The summed E-state index contributed by atoms with van der Waals surface area (Å²) in [6.45, 7) is 6.46. The first kappa shape index (κ1) is 10.0. The zero-order valence-corrected chi connectivity index (χ0v) is 9.78. The predicted octanol–water partition coefficient (Wildman–Crippen LogP) is 1.80. The third-order valence-corrected chi connectivity index (χ3v) is 2.69. The molecule has 1 aromatic carbocycles. The van der Waals surface area contributed by atoms with Gasteiger partial charge in [0.2, 0.25) is 0 Å². The zero-order chi connectivity index (χ0) is 11.2. The van der Waals surface area contributed by atoms with Crippen molar-refractivity contribution >= 4 is 16.7 Å². The van der Waals surface area contributed by atoms with Crippen molar-refractivity contribution < 1.29 is 4.68 Å². The predicted molar refractivity (Wildman–Crippen MR) is 62.5 cm³/mol. The minimum absolute atomic E-state index is 0.00213. The Morgan fingerprint density at radius 1 is 1.20 bits per heavy atom. The van der Waals surface area contributed by atoms with Gasteiger partial charge in [-0.05, 0) is 32.9 Å². The van der Waals surface area contributed by atoms with E-state index in [0.29, 0.717) is 0 Å². The van der Waals surface area contributed by atoms with Crippen LogP contribution in [0.25, 0.3) is 10.9 Å². The molecule has 0 amide bonds. The van der Waals surface area contributed by atoms with Gasteiger partial charge in [0.25, 0.3) is 0 Å². The summed E-state index contributed by atoms with van der Waals surface area (Å²) in [7, 11) is 2.05. The van der Waals surface area contributed by atoms with Gasteiger partial charge in [0.05, 0.1) is 10.9 Å². The molecule has 0 spiro atoms. The van der Waals surface area contributed by atoms with Gasteiger partial charge in [0.15, 0.2) is 0 Å². The third kappa shape index (κ3) is 1.39. The van der Waals surface area contributed by atoms with Gasteiger partial charge in [0, 0.05) is 7.05 Å². The minimum Gasteiger partial charge on any atom is -0.285 e. The average molecular weight is 204 g/mol. The highest BCUT2D eigenvalue weighted by atomic mass is 15.4. The number of nitrogens with zero attached hydrogens (tertiary/aromatic N) is 2. The number of para-hydroxylation sites is 1. The molecule has 0 saturated carbocycles. The summed E-state index contributed by atoms with van der Waals surface area (Å²) in [5.74, 6) is 0.834. The summed E-state index contributed by atoms with van der Waals surface area (Å²) in [5.41, 5.74) is 7.34. The zero-order valence-electron chi connectivity index (χ0n) is 9.78. The van der Waals surface area contributed by atoms with Crippen LogP contribution in [0, 0.1) is 0 Å². The van der Waals surface area contributed by atoms with Crippen LogP contribution in [0.5, 0.6) is 0 Å². The Kier molecular flexibility index (Phi) is 2.00. The minimum atomic E-state index is -0.00213. The van der Waals surface area contributed by atoms with E-state index in [1.807, 2.05) is 19.2 Å². The fourth-order valence-corrected chi connectivity index (χ4v) is 2.17. The summed E-state index contributed by atoms with van der Waals surface area (Å²) in [4.78, 5) is 0. The quantitative estimate of drug-likeness (QED) is 0.652. The summed E-state index contributed by atoms with van der Waals surface area (Å²) >= 11 is 0. The monoisotopic (exact) mass is 204 g/mol. The molecular weight excluding hydrogens is 186 g/mol. The molecule has 1 aromatic heterocycles. The highest BCUT2D eigenvalue weighted by molar-refractivity contribution is 5.86. The highest BCUT2D eigenvalue weighted by Gasteiger charge is 2.27. The molecule has 2 aromatic rings. The maximum atomic E-state index is 6.17. The summed E-state index contributed by atoms with van der Waals surface area (Å²) in [6.07, 6.45) is 0. The van der Waals surface area contributed by atoms with Crippen molar-refractivity contribution in [1.82, 2.24) is 4.68 Å². The lowest BCUT2D eigenvalue weighted by atomic mass is 10.1. The number of hydrogen-bond donors (Lipinski definition) is 1. The summed E-state index contributed by atoms with van der Waals surface area (Å²) in [5, 5.41) is 1.12. The number of hydrogen-bond acceptors (Lipinski definition) is 1. The van der Waals surface area contributed by atoms with Crippen LogP contribution in [0.2, 0.25) is 0 Å². The van der Waals surface area contributed by atoms with E-state index in [9.17, 15) is 0 Å². The molecule has 0 aliphatic rings. The van der Waals surface area contributed by atoms with Crippen molar-refractivity contribution in [1.29, 1.82) is 0 Å². The van der Waals surface area contributed by atoms with E-state index in [1.165, 1.54) is 5.52 Å². The molecule has 2 N–H and O–H groups in total. The Balaban J connectivity index is 2.87. The largest absolute Gasteiger partial charge is 0.301 e. The van der Waals surface area contributed by atoms with E-state index in [0.717, 1.165) is 11.2 Å². The van der Waals surface area contributed by atoms with E-state index in [2.05, 4.69) is 42.3 Å². The van der Waals surface area contributed by atoms with Gasteiger partial charge in [-0.25, -0.2) is 4.68 Å². The summed E-state index contributed by atoms with van der Waals surface area (Å²) < 4.78 is 4.24. The van der Waals surface area contributed by atoms with Crippen molar-refractivity contribution in [2.75, 3.05) is 5.73 Å². The van der Waals surface area contributed by atoms with Crippen molar-refractivity contribution in [2.45, 2.75) is 26.3 Å². The number of benzene rings is 1. The molecule has 0 saturated heterocycles. The number of anilines is 1. The van der Waals surface area contributed by atoms with Gasteiger partial charge in [-0.1, -0.05) is 12.1 Å². The molecule has 80 valence electrons. The lowest BCUT2D eigenvalue weighted by Gasteiger charge is -2.17. The van der Waals surface area contributed by atoms with Crippen molar-refractivity contribution in [3.63, 3.8) is 0 Å². The second kappa shape index (κ2) is 2.99. The Hall–Kier alpha value is -1.51. The van der Waals surface area contributed by atoms with Crippen LogP contribution in [0.15, 0.2) is 24.3 Å². The second-order valence-corrected chi connectivity index (χ2v) is 4.91. The van der Waals surface area contributed by atoms with Crippen LogP contribution in [0.3, 0.4) is 0 Å². The molecule has 0 atom stereocenters. The van der Waals surface area contributed by atoms with Crippen LogP contribution in [0.4, 0.5) is 5.82 Å². The van der Waals surface area contributed by atoms with Crippen molar-refractivity contribution in [3.8, 4) is 0 Å². The van der Waals surface area contributed by atoms with E-state index >= 15 is 0 Å². The lowest BCUT2D eigenvalue weighted by Crippen LogP contribution is -2.57. The molecular formula is C12H18N3+. The Morgan fingerprint density at radius 3 is 2.33 bits per heavy atom. The van der Waals surface area contributed by atoms with Crippen LogP contribution < -0.4 is 10.4 Å². The van der Waals surface area contributed by atoms with Gasteiger partial charge in [-0.3, -0.25) is 5.73 Å². The molecule has 1 heterocycles. The SMILES string of the molecule is Cn1c2ccccc2c(N)[n+]1C(C)(C)C. The van der Waals surface area contributed by atoms with Crippen LogP contribution in [-0.2, 0) is 12.6 Å². The van der Waals surface area contributed by atoms with Crippen molar-refractivity contribution in [2.24, 2.45) is 7.05 Å². The maximum absolute atomic E-state index is 6.17. The van der Waals surface area contributed by atoms with Crippen LogP contribution >= 0.6 is 0 Å². The first-order valence-corrected chi connectivity index (χ1v) is 5.18. The Labute approximate surface area is 90.1 Å². The topological polar surface area (TPSA) is 34.8 Å². The molecule has 0 fully saturated rings. The Bertz CT molecular complexity index is 464. The fourth-order valence-electron chi connectivity index (χ4n) is 2.17. The fraction of sp³-hybridized carbons (Fsp3) is 0.417. The normalized spacial score (nSPS) is 12.3. The molecule has 3 nitrogen and oxygen atoms in total. The Morgan fingerprint density at radius 2 is 1.80 bits per heavy atom. The first-order valence-electron chi connectivity index (χ1n) is 5.18. The van der Waals surface area contributed by atoms with Crippen LogP contribution in [-0.4, -0.2) is 4.68 Å². The van der Waals surface area contributed by atoms with Gasteiger partial charge in [-0.15, -0.1) is 0 Å². The van der Waals surface area contributed by atoms with E-state index < -0.39 is 0 Å². The maximum Gasteiger partial charge on any atom is 0.301 e. The number of rotatable bonds is 0. The highest BCUT2D eigenvalue weighted by Crippen LogP contribution is 2.20. The number of fused-ring (bicyclic) bond motifs is 1. The second-order valence-electron chi connectivity index (χ2n) is 4.91. The first-order chi connectivity index (χ1) is 6.93. The molecule has 15 heavy (non-hydrogen) atoms. The summed E-state index contributed by atoms with van der Waals surface area (Å²) in [6, 6.07) is 8.21. The van der Waals surface area contributed by atoms with E-state index in [1.54, 1.807) is 0 Å². The molecule has 0 aliphatic carbocycles. The van der Waals surface area contributed by atoms with Gasteiger partial charge in [-0.2, -0.15) is 4.68 Å². The molecule has 0 bridgehead atoms. The number of aryl methyl sites for hydroxylation is 1. The van der Waals surface area contributed by atoms with Gasteiger partial charge >= 0.3 is 5.82 Å². The molecule has 3 heteroatoms. The van der Waals surface area contributed by atoms with E-state index in [4.69, 9.17) is 5.73 Å². The number of aromatic nitrogens is 2. The average Bonchev–Trinajstić information content (AvgIpc) is 2.39. The standard InChI is InChI=1S/C12H17N3/c1-12(2,3)15-11(13)9-7-5-6-8-10(9)14(15)4/h5-8,13H,1-4H3/p+1. The molecule has 2 rings (SSSR count). The third-order valence-electron chi connectivity index (χ3n) is 2.69. The van der Waals surface area contributed by atoms with Crippen LogP contribution in [0.1, 0.15) is 20.8 Å².